The van der Waals surface area contributed by atoms with Gasteiger partial charge in [-0.3, -0.25) is 28.8 Å². The van der Waals surface area contributed by atoms with Crippen molar-refractivity contribution >= 4 is 106 Å². The van der Waals surface area contributed by atoms with Crippen LogP contribution in [-0.4, -0.2) is 141 Å². The third kappa shape index (κ3) is 24.9. The number of nitrogens with zero attached hydrogens (tertiary/aromatic N) is 6. The number of carbonyl (C=O) groups is 9. The van der Waals surface area contributed by atoms with Crippen molar-refractivity contribution in [3.63, 3.8) is 0 Å². The molecule has 0 radical (unpaired) electrons. The largest absolute Gasteiger partial charge is 1.00 e. The van der Waals surface area contributed by atoms with Gasteiger partial charge in [-0.15, -0.1) is 0 Å². The van der Waals surface area contributed by atoms with E-state index in [4.69, 9.17) is 14.6 Å². The van der Waals surface area contributed by atoms with Crippen LogP contribution in [0, 0.1) is 17.5 Å². The second-order valence-corrected chi connectivity index (χ2v) is 28.0. The van der Waals surface area contributed by atoms with Gasteiger partial charge in [-0.1, -0.05) is 42.7 Å². The van der Waals surface area contributed by atoms with Crippen LogP contribution in [0.25, 0.3) is 0 Å². The van der Waals surface area contributed by atoms with Gasteiger partial charge in [0.2, 0.25) is 0 Å². The Hall–Kier alpha value is -10.9. The number of esters is 2. The Morgan fingerprint density at radius 1 is 0.467 bits per heavy atom. The topological polar surface area (TPSA) is 424 Å². The van der Waals surface area contributed by atoms with Crippen LogP contribution in [-0.2, 0) is 43.1 Å². The molecule has 6 amide bonds. The van der Waals surface area contributed by atoms with Gasteiger partial charge in [0.25, 0.3) is 35.4 Å². The number of amides is 6. The Labute approximate surface area is 636 Å². The predicted molar refractivity (Wildman–Crippen MR) is 385 cm³/mol. The van der Waals surface area contributed by atoms with Crippen LogP contribution >= 0.6 is 35.3 Å². The number of rotatable bonds is 15. The average molecular weight is 1520 g/mol. The van der Waals surface area contributed by atoms with Gasteiger partial charge in [-0.2, -0.15) is 0 Å². The SMILES string of the molecule is C.CC(C)(C)O.CC(C)(C)OC(=O)C(Cc1cncnc1)NC(=O)c1ccc2c(c1)NC(=O)c1cc(F)ccc1S2.COC(=O)C(Cc1cncnc1)NC(=O)c1ccc2c(c1)NC(=O)c1cc(F)ccc1S2.O.O=C(NC(Cc1cncnc1)C(=O)O)c1ccc2c(c1)NC(=O)c1cc(F)ccc1S2.[Li+].[OH-]. The van der Waals surface area contributed by atoms with Crippen molar-refractivity contribution in [2.75, 3.05) is 23.1 Å². The van der Waals surface area contributed by atoms with Crippen LogP contribution in [0.5, 0.6) is 0 Å². The van der Waals surface area contributed by atoms with Gasteiger partial charge in [0.15, 0.2) is 0 Å². The first-order chi connectivity index (χ1) is 48.9. The number of fused-ring (bicyclic) bond motifs is 6. The molecule has 3 unspecified atom stereocenters. The van der Waals surface area contributed by atoms with Gasteiger partial charge in [-0.25, -0.2) is 57.5 Å². The molecule has 554 valence electrons. The number of aliphatic hydroxyl groups is 1. The number of nitrogens with one attached hydrogen (secondary N) is 6. The maximum absolute atomic E-state index is 13.7. The van der Waals surface area contributed by atoms with E-state index in [2.05, 4.69) is 61.8 Å². The van der Waals surface area contributed by atoms with Crippen molar-refractivity contribution in [2.45, 2.75) is 127 Å². The molecule has 0 saturated heterocycles. The number of hydrogen-bond donors (Lipinski definition) is 8. The summed E-state index contributed by atoms with van der Waals surface area (Å²) < 4.78 is 51.1. The average Bonchev–Trinajstić information content (AvgIpc) is 1.68. The summed E-state index contributed by atoms with van der Waals surface area (Å²) in [4.78, 5) is 140. The van der Waals surface area contributed by atoms with Crippen LogP contribution in [0.2, 0.25) is 0 Å². The summed E-state index contributed by atoms with van der Waals surface area (Å²) in [6.45, 7) is 10.5. The van der Waals surface area contributed by atoms with Crippen molar-refractivity contribution in [3.8, 4) is 0 Å². The van der Waals surface area contributed by atoms with E-state index in [0.717, 1.165) is 6.07 Å². The number of halogens is 3. The predicted octanol–water partition coefficient (Wildman–Crippen LogP) is 7.04. The van der Waals surface area contributed by atoms with Crippen molar-refractivity contribution < 1.29 is 106 Å². The molecule has 34 heteroatoms. The van der Waals surface area contributed by atoms with E-state index in [9.17, 15) is 61.4 Å². The van der Waals surface area contributed by atoms with E-state index >= 15 is 0 Å². The summed E-state index contributed by atoms with van der Waals surface area (Å²) >= 11 is 3.85. The fourth-order valence-corrected chi connectivity index (χ4v) is 12.6. The number of aromatic nitrogens is 6. The molecule has 107 heavy (non-hydrogen) atoms. The molecule has 3 aliphatic rings. The molecule has 3 aromatic heterocycles. The first kappa shape index (κ1) is 86.7. The molecule has 0 bridgehead atoms. The molecule has 6 aromatic carbocycles. The van der Waals surface area contributed by atoms with Crippen LogP contribution in [0.15, 0.2) is 195 Å². The summed E-state index contributed by atoms with van der Waals surface area (Å²) in [6, 6.07) is 23.1. The normalized spacial score (nSPS) is 12.8. The minimum Gasteiger partial charge on any atom is -0.870 e. The zero-order chi connectivity index (χ0) is 74.3. The van der Waals surface area contributed by atoms with Crippen molar-refractivity contribution in [2.24, 2.45) is 0 Å². The fraction of sp³-hybridized carbons (Fsp3) is 0.219. The molecular weight excluding hydrogens is 1450 g/mol. The fourth-order valence-electron chi connectivity index (χ4n) is 9.64. The number of aliphatic carboxylic acids is 1. The third-order valence-electron chi connectivity index (χ3n) is 14.2. The number of ether oxygens (including phenoxy) is 2. The summed E-state index contributed by atoms with van der Waals surface area (Å²) in [5.41, 5.74) is 3.10. The molecule has 6 heterocycles. The van der Waals surface area contributed by atoms with Gasteiger partial charge in [-0.05, 0) is 167 Å². The van der Waals surface area contributed by atoms with E-state index in [0.29, 0.717) is 63.1 Å². The van der Waals surface area contributed by atoms with Gasteiger partial charge in [0, 0.05) is 103 Å². The molecule has 9 aromatic rings. The van der Waals surface area contributed by atoms with Crippen LogP contribution in [0.3, 0.4) is 0 Å². The summed E-state index contributed by atoms with van der Waals surface area (Å²) in [7, 11) is 1.23. The van der Waals surface area contributed by atoms with E-state index in [-0.39, 0.29) is 89.9 Å². The molecule has 12 rings (SSSR count). The van der Waals surface area contributed by atoms with Crippen molar-refractivity contribution in [1.29, 1.82) is 0 Å². The molecule has 27 nitrogen and oxygen atoms in total. The van der Waals surface area contributed by atoms with Gasteiger partial charge < -0.3 is 62.5 Å². The standard InChI is InChI=1S/C25H23FN4O4S.C22H17FN4O4S.C21H15FN4O4S.C4H10O.CH4.Li.2H2O/c1-25(2,3)34-24(33)19(8-14-11-27-13-28-12-14)30-22(31)15-4-6-21-18(9-15)29-23(32)17-10-16(26)5-7-20(17)35-21;1-31-22(30)17(6-12-9-24-11-25-10-12)27-20(28)13-2-4-19-16(7-13)26-21(29)15-8-14(23)3-5-18(15)32-19;22-13-2-4-17-14(7-13)20(28)25-15-6-12(1-3-18(15)31-17)19(27)26-16(21(29)30)5-11-8-23-10-24-9-11;1-4(2,3)5;;;;/h4-7,9-13,19H,8H2,1-3H3,(H,29,32)(H,30,31);2-5,7-11,17H,6H2,1H3,(H,26,29)(H,27,28);1-4,6-10,16H,5H2,(H,25,28)(H,26,27)(H,29,30);5H,1-3H3;1H4;;2*1H2/q;;;;;+1;;/p-1. The Morgan fingerprint density at radius 3 is 1.02 bits per heavy atom. The number of anilines is 3. The maximum Gasteiger partial charge on any atom is 1.00 e. The number of methoxy groups -OCH3 is 1. The number of hydrogen-bond acceptors (Lipinski definition) is 22. The van der Waals surface area contributed by atoms with Crippen LogP contribution in [0.1, 0.15) is 128 Å². The second-order valence-electron chi connectivity index (χ2n) is 24.7. The molecule has 0 aliphatic carbocycles. The summed E-state index contributed by atoms with van der Waals surface area (Å²) in [5.74, 6) is -7.05. The Balaban J connectivity index is 0.000000274. The van der Waals surface area contributed by atoms with Gasteiger partial charge >= 0.3 is 36.8 Å². The van der Waals surface area contributed by atoms with Crippen molar-refractivity contribution in [3.05, 3.63) is 233 Å². The van der Waals surface area contributed by atoms with Gasteiger partial charge in [0.1, 0.15) is 60.2 Å². The van der Waals surface area contributed by atoms with Gasteiger partial charge in [0.05, 0.1) is 46.5 Å². The Bertz CT molecular complexity index is 4720. The number of benzene rings is 6. The zero-order valence-corrected chi connectivity index (χ0v) is 60.3. The number of carboxylic acid groups (broad SMARTS) is 1. The van der Waals surface area contributed by atoms with E-state index in [1.165, 1.54) is 134 Å². The molecule has 3 atom stereocenters. The quantitative estimate of drug-likeness (QED) is 0.0377. The smallest absolute Gasteiger partial charge is 0.870 e. The van der Waals surface area contributed by atoms with E-state index in [1.807, 2.05) is 0 Å². The van der Waals surface area contributed by atoms with Crippen LogP contribution in [0.4, 0.5) is 30.2 Å². The first-order valence-electron chi connectivity index (χ1n) is 31.1. The number of carbonyl (C=O) groups excluding carboxylic acids is 8. The summed E-state index contributed by atoms with van der Waals surface area (Å²) in [6.07, 6.45) is 13.5. The molecule has 0 fully saturated rings. The van der Waals surface area contributed by atoms with E-state index in [1.54, 1.807) is 109 Å². The minimum atomic E-state index is -1.20. The second kappa shape index (κ2) is 38.9. The van der Waals surface area contributed by atoms with Crippen LogP contribution < -0.4 is 50.8 Å². The first-order valence-corrected chi connectivity index (χ1v) is 33.6. The number of carboxylic acids is 1. The minimum absolute atomic E-state index is 0. The third-order valence-corrected chi connectivity index (χ3v) is 17.7. The Morgan fingerprint density at radius 2 is 0.738 bits per heavy atom. The van der Waals surface area contributed by atoms with Crippen molar-refractivity contribution in [1.82, 2.24) is 45.9 Å². The zero-order valence-electron chi connectivity index (χ0n) is 57.8. The Kier molecular flexibility index (Phi) is 31.6. The molecule has 0 spiro atoms. The van der Waals surface area contributed by atoms with E-state index < -0.39 is 100 Å². The summed E-state index contributed by atoms with van der Waals surface area (Å²) in [5, 5.41) is 34.0. The maximum atomic E-state index is 13.7. The molecular formula is C73H72F3LiN12O15S3. The molecule has 0 saturated carbocycles. The molecule has 11 N–H and O–H groups in total. The molecule has 3 aliphatic heterocycles. The monoisotopic (exact) mass is 1520 g/mol.